The zero-order valence-electron chi connectivity index (χ0n) is 11.7. The van der Waals surface area contributed by atoms with Gasteiger partial charge in [0, 0.05) is 46.3 Å². The van der Waals surface area contributed by atoms with Crippen LogP contribution in [0.5, 0.6) is 0 Å². The lowest BCUT2D eigenvalue weighted by Gasteiger charge is -2.28. The third kappa shape index (κ3) is 5.04. The fourth-order valence-electron chi connectivity index (χ4n) is 2.14. The predicted molar refractivity (Wildman–Crippen MR) is 72.2 cm³/mol. The summed E-state index contributed by atoms with van der Waals surface area (Å²) < 4.78 is 0. The van der Waals surface area contributed by atoms with E-state index >= 15 is 0 Å². The van der Waals surface area contributed by atoms with Gasteiger partial charge in [-0.3, -0.25) is 4.90 Å². The monoisotopic (exact) mass is 272 g/mol. The molecule has 110 valence electrons. The second-order valence-corrected chi connectivity index (χ2v) is 4.70. The van der Waals surface area contributed by atoms with Gasteiger partial charge >= 0.3 is 12.0 Å². The van der Waals surface area contributed by atoms with Crippen molar-refractivity contribution in [2.75, 3.05) is 46.3 Å². The van der Waals surface area contributed by atoms with Crippen LogP contribution in [-0.4, -0.2) is 79.3 Å². The highest BCUT2D eigenvalue weighted by atomic mass is 16.4. The topological polar surface area (TPSA) is 84.9 Å². The smallest absolute Gasteiger partial charge is 0.326 e. The Kier molecular flexibility index (Phi) is 6.58. The number of rotatable bonds is 6. The number of nitrogens with zero attached hydrogens (tertiary/aromatic N) is 2. The molecule has 0 aromatic rings. The van der Waals surface area contributed by atoms with E-state index in [4.69, 9.17) is 5.11 Å². The minimum Gasteiger partial charge on any atom is -0.480 e. The van der Waals surface area contributed by atoms with Gasteiger partial charge in [-0.15, -0.1) is 0 Å². The van der Waals surface area contributed by atoms with E-state index in [1.807, 2.05) is 0 Å². The molecule has 0 aromatic carbocycles. The van der Waals surface area contributed by atoms with Gasteiger partial charge in [0.15, 0.2) is 0 Å². The molecule has 1 aliphatic heterocycles. The molecule has 2 amide bonds. The predicted octanol–water partition coefficient (Wildman–Crippen LogP) is -0.604. The highest BCUT2D eigenvalue weighted by molar-refractivity contribution is 5.82. The number of carbonyl (C=O) groups is 2. The fourth-order valence-corrected chi connectivity index (χ4v) is 2.14. The first-order valence-corrected chi connectivity index (χ1v) is 6.72. The Balaban J connectivity index is 2.27. The summed E-state index contributed by atoms with van der Waals surface area (Å²) >= 11 is 0. The number of piperazine rings is 1. The third-order valence-corrected chi connectivity index (χ3v) is 3.37. The third-order valence-electron chi connectivity index (χ3n) is 3.37. The van der Waals surface area contributed by atoms with Gasteiger partial charge in [-0.1, -0.05) is 6.92 Å². The van der Waals surface area contributed by atoms with Crippen molar-refractivity contribution < 1.29 is 14.7 Å². The van der Waals surface area contributed by atoms with Crippen LogP contribution in [-0.2, 0) is 4.79 Å². The molecule has 0 aliphatic carbocycles. The van der Waals surface area contributed by atoms with Gasteiger partial charge in [0.25, 0.3) is 0 Å². The highest BCUT2D eigenvalue weighted by Gasteiger charge is 2.24. The van der Waals surface area contributed by atoms with Crippen LogP contribution < -0.4 is 10.6 Å². The number of likely N-dealkylation sites (N-methyl/N-ethyl adjacent to an activating group) is 1. The van der Waals surface area contributed by atoms with Crippen molar-refractivity contribution in [1.29, 1.82) is 0 Å². The minimum atomic E-state index is -0.970. The van der Waals surface area contributed by atoms with Crippen LogP contribution in [0.1, 0.15) is 13.3 Å². The molecule has 0 spiro atoms. The second kappa shape index (κ2) is 7.96. The van der Waals surface area contributed by atoms with E-state index in [1.165, 1.54) is 11.9 Å². The Labute approximate surface area is 113 Å². The van der Waals surface area contributed by atoms with Gasteiger partial charge < -0.3 is 20.6 Å². The molecule has 1 saturated heterocycles. The highest BCUT2D eigenvalue weighted by Crippen LogP contribution is 2.02. The maximum absolute atomic E-state index is 11.8. The van der Waals surface area contributed by atoms with Crippen LogP contribution in [0.3, 0.4) is 0 Å². The molecule has 1 unspecified atom stereocenters. The van der Waals surface area contributed by atoms with E-state index in [-0.39, 0.29) is 6.03 Å². The molecule has 0 aromatic heterocycles. The molecule has 0 bridgehead atoms. The van der Waals surface area contributed by atoms with E-state index in [0.29, 0.717) is 13.0 Å². The van der Waals surface area contributed by atoms with E-state index in [9.17, 15) is 9.59 Å². The van der Waals surface area contributed by atoms with Crippen molar-refractivity contribution in [3.63, 3.8) is 0 Å². The van der Waals surface area contributed by atoms with Gasteiger partial charge in [0.05, 0.1) is 0 Å². The van der Waals surface area contributed by atoms with E-state index in [1.54, 1.807) is 6.92 Å². The summed E-state index contributed by atoms with van der Waals surface area (Å²) in [5, 5.41) is 15.0. The van der Waals surface area contributed by atoms with Crippen molar-refractivity contribution >= 4 is 12.0 Å². The largest absolute Gasteiger partial charge is 0.480 e. The number of carbonyl (C=O) groups excluding carboxylic acids is 1. The molecule has 0 saturated carbocycles. The van der Waals surface area contributed by atoms with Crippen molar-refractivity contribution in [2.45, 2.75) is 19.4 Å². The Morgan fingerprint density at radius 3 is 2.58 bits per heavy atom. The molecule has 7 nitrogen and oxygen atoms in total. The summed E-state index contributed by atoms with van der Waals surface area (Å²) in [6.07, 6.45) is 0.400. The fraction of sp³-hybridized carbons (Fsp3) is 0.833. The maximum Gasteiger partial charge on any atom is 0.326 e. The average molecular weight is 272 g/mol. The number of hydrogen-bond donors (Lipinski definition) is 3. The summed E-state index contributed by atoms with van der Waals surface area (Å²) in [4.78, 5) is 26.3. The first-order valence-electron chi connectivity index (χ1n) is 6.72. The van der Waals surface area contributed by atoms with Crippen molar-refractivity contribution in [3.05, 3.63) is 0 Å². The number of aliphatic carboxylic acids is 1. The SMILES string of the molecule is CCC(C(=O)O)N(C)C(=O)NCCN1CCNCC1. The summed E-state index contributed by atoms with van der Waals surface area (Å²) in [6, 6.07) is -1.09. The molecule has 1 fully saturated rings. The van der Waals surface area contributed by atoms with Gasteiger partial charge in [-0.05, 0) is 6.42 Å². The van der Waals surface area contributed by atoms with E-state index in [2.05, 4.69) is 15.5 Å². The standard InChI is InChI=1S/C12H24N4O3/c1-3-10(11(17)18)15(2)12(19)14-6-9-16-7-4-13-5-8-16/h10,13H,3-9H2,1-2H3,(H,14,19)(H,17,18). The Morgan fingerprint density at radius 1 is 1.42 bits per heavy atom. The van der Waals surface area contributed by atoms with Crippen LogP contribution in [0.2, 0.25) is 0 Å². The molecule has 0 radical (unpaired) electrons. The van der Waals surface area contributed by atoms with Crippen molar-refractivity contribution in [3.8, 4) is 0 Å². The molecule has 1 rings (SSSR count). The van der Waals surface area contributed by atoms with Crippen LogP contribution >= 0.6 is 0 Å². The zero-order chi connectivity index (χ0) is 14.3. The second-order valence-electron chi connectivity index (χ2n) is 4.70. The quantitative estimate of drug-likeness (QED) is 0.601. The summed E-state index contributed by atoms with van der Waals surface area (Å²) in [5.74, 6) is -0.970. The number of nitrogens with one attached hydrogen (secondary N) is 2. The first kappa shape index (κ1) is 15.7. The number of hydrogen-bond acceptors (Lipinski definition) is 4. The first-order chi connectivity index (χ1) is 9.06. The van der Waals surface area contributed by atoms with Crippen LogP contribution in [0.15, 0.2) is 0 Å². The lowest BCUT2D eigenvalue weighted by molar-refractivity contribution is -0.141. The summed E-state index contributed by atoms with van der Waals surface area (Å²) in [5.41, 5.74) is 0. The molecule has 7 heteroatoms. The molecule has 3 N–H and O–H groups in total. The normalized spacial score (nSPS) is 17.8. The van der Waals surface area contributed by atoms with Gasteiger partial charge in [0.1, 0.15) is 6.04 Å². The molecule has 19 heavy (non-hydrogen) atoms. The average Bonchev–Trinajstić information content (AvgIpc) is 2.40. The van der Waals surface area contributed by atoms with E-state index in [0.717, 1.165) is 32.7 Å². The molecule has 1 aliphatic rings. The zero-order valence-corrected chi connectivity index (χ0v) is 11.7. The Hall–Kier alpha value is -1.34. The number of urea groups is 1. The summed E-state index contributed by atoms with van der Waals surface area (Å²) in [7, 11) is 1.52. The summed E-state index contributed by atoms with van der Waals surface area (Å²) in [6.45, 7) is 7.01. The molecule has 1 atom stereocenters. The van der Waals surface area contributed by atoms with Gasteiger partial charge in [-0.25, -0.2) is 9.59 Å². The number of carboxylic acids is 1. The van der Waals surface area contributed by atoms with E-state index < -0.39 is 12.0 Å². The number of carboxylic acid groups (broad SMARTS) is 1. The molecular weight excluding hydrogens is 248 g/mol. The lowest BCUT2D eigenvalue weighted by atomic mass is 10.2. The van der Waals surface area contributed by atoms with Crippen molar-refractivity contribution in [1.82, 2.24) is 20.4 Å². The van der Waals surface area contributed by atoms with Gasteiger partial charge in [-0.2, -0.15) is 0 Å². The lowest BCUT2D eigenvalue weighted by Crippen LogP contribution is -2.50. The molecular formula is C12H24N4O3. The maximum atomic E-state index is 11.8. The Morgan fingerprint density at radius 2 is 2.05 bits per heavy atom. The van der Waals surface area contributed by atoms with Gasteiger partial charge in [0.2, 0.25) is 0 Å². The minimum absolute atomic E-state index is 0.329. The number of amides is 2. The van der Waals surface area contributed by atoms with Crippen molar-refractivity contribution in [2.24, 2.45) is 0 Å². The van der Waals surface area contributed by atoms with Crippen LogP contribution in [0.4, 0.5) is 4.79 Å². The van der Waals surface area contributed by atoms with Crippen LogP contribution in [0.25, 0.3) is 0 Å². The van der Waals surface area contributed by atoms with Crippen LogP contribution in [0, 0.1) is 0 Å². The molecule has 1 heterocycles. The Bertz CT molecular complexity index is 305.